The zero-order valence-corrected chi connectivity index (χ0v) is 14.2. The van der Waals surface area contributed by atoms with Gasteiger partial charge in [0.1, 0.15) is 6.33 Å². The number of hydrogen-bond donors (Lipinski definition) is 1. The summed E-state index contributed by atoms with van der Waals surface area (Å²) in [5.74, 6) is 1.48. The van der Waals surface area contributed by atoms with Gasteiger partial charge in [-0.1, -0.05) is 34.6 Å². The Morgan fingerprint density at radius 3 is 2.27 bits per heavy atom. The molecule has 0 atom stereocenters. The topological polar surface area (TPSA) is 84.2 Å². The number of nitrogens with zero attached hydrogens (tertiary/aromatic N) is 4. The average Bonchev–Trinajstić information content (AvgIpc) is 2.42. The van der Waals surface area contributed by atoms with E-state index >= 15 is 0 Å². The van der Waals surface area contributed by atoms with Gasteiger partial charge in [0.15, 0.2) is 0 Å². The van der Waals surface area contributed by atoms with Crippen LogP contribution in [0, 0.1) is 22.0 Å². The molecule has 0 saturated heterocycles. The highest BCUT2D eigenvalue weighted by Gasteiger charge is 2.27. The predicted molar refractivity (Wildman–Crippen MR) is 89.4 cm³/mol. The van der Waals surface area contributed by atoms with E-state index in [1.54, 1.807) is 0 Å². The number of aromatic nitrogens is 2. The van der Waals surface area contributed by atoms with Gasteiger partial charge in [0.25, 0.3) is 0 Å². The molecule has 1 heterocycles. The molecule has 0 saturated carbocycles. The maximum atomic E-state index is 11.5. The number of rotatable bonds is 9. The fourth-order valence-corrected chi connectivity index (χ4v) is 2.27. The van der Waals surface area contributed by atoms with Crippen LogP contribution in [-0.2, 0) is 0 Å². The van der Waals surface area contributed by atoms with Gasteiger partial charge in [0.05, 0.1) is 4.92 Å². The number of nitrogens with one attached hydrogen (secondary N) is 1. The quantitative estimate of drug-likeness (QED) is 0.556. The second-order valence-corrected chi connectivity index (χ2v) is 6.27. The number of anilines is 2. The smallest absolute Gasteiger partial charge is 0.353 e. The lowest BCUT2D eigenvalue weighted by Crippen LogP contribution is -2.32. The molecule has 0 aliphatic rings. The molecule has 0 aliphatic carbocycles. The van der Waals surface area contributed by atoms with Crippen LogP contribution in [0.5, 0.6) is 0 Å². The van der Waals surface area contributed by atoms with Gasteiger partial charge in [-0.3, -0.25) is 10.1 Å². The standard InChI is InChI=1S/C15H27N5O2/c1-6-7-16-14-13(20(21)22)15(18-10-17-14)19(8-11(2)3)9-12(4)5/h10-12H,6-9H2,1-5H3,(H,16,17,18). The van der Waals surface area contributed by atoms with Crippen molar-refractivity contribution in [1.82, 2.24) is 9.97 Å². The van der Waals surface area contributed by atoms with Crippen molar-refractivity contribution in [3.63, 3.8) is 0 Å². The van der Waals surface area contributed by atoms with Crippen molar-refractivity contribution in [2.24, 2.45) is 11.8 Å². The van der Waals surface area contributed by atoms with Crippen molar-refractivity contribution >= 4 is 17.3 Å². The maximum Gasteiger partial charge on any atom is 0.353 e. The molecule has 7 nitrogen and oxygen atoms in total. The fourth-order valence-electron chi connectivity index (χ4n) is 2.27. The predicted octanol–water partition coefficient (Wildman–Crippen LogP) is 3.33. The van der Waals surface area contributed by atoms with Crippen molar-refractivity contribution in [3.05, 3.63) is 16.4 Å². The first-order chi connectivity index (χ1) is 10.4. The summed E-state index contributed by atoms with van der Waals surface area (Å²) in [5.41, 5.74) is -0.0303. The molecule has 0 aliphatic heterocycles. The second-order valence-electron chi connectivity index (χ2n) is 6.27. The molecule has 124 valence electrons. The molecule has 1 N–H and O–H groups in total. The van der Waals surface area contributed by atoms with Crippen molar-refractivity contribution in [3.8, 4) is 0 Å². The molecular formula is C15H27N5O2. The van der Waals surface area contributed by atoms with Crippen LogP contribution in [0.4, 0.5) is 17.3 Å². The Bertz CT molecular complexity index is 481. The van der Waals surface area contributed by atoms with Gasteiger partial charge in [-0.25, -0.2) is 9.97 Å². The Balaban J connectivity index is 3.25. The third-order valence-electron chi connectivity index (χ3n) is 3.00. The van der Waals surface area contributed by atoms with Crippen LogP contribution < -0.4 is 10.2 Å². The Morgan fingerprint density at radius 2 is 1.82 bits per heavy atom. The first-order valence-corrected chi connectivity index (χ1v) is 7.84. The lowest BCUT2D eigenvalue weighted by atomic mass is 10.1. The summed E-state index contributed by atoms with van der Waals surface area (Å²) in [4.78, 5) is 21.4. The summed E-state index contributed by atoms with van der Waals surface area (Å²) in [5, 5.41) is 14.6. The average molecular weight is 309 g/mol. The van der Waals surface area contributed by atoms with E-state index < -0.39 is 0 Å². The van der Waals surface area contributed by atoms with Gasteiger partial charge in [-0.15, -0.1) is 0 Å². The minimum Gasteiger partial charge on any atom is -0.364 e. The molecule has 7 heteroatoms. The highest BCUT2D eigenvalue weighted by atomic mass is 16.6. The molecule has 22 heavy (non-hydrogen) atoms. The Labute approximate surface area is 132 Å². The third kappa shape index (κ3) is 5.13. The van der Waals surface area contributed by atoms with Gasteiger partial charge in [-0.2, -0.15) is 0 Å². The van der Waals surface area contributed by atoms with E-state index in [0.717, 1.165) is 19.5 Å². The SMILES string of the molecule is CCCNc1ncnc(N(CC(C)C)CC(C)C)c1[N+](=O)[O-]. The largest absolute Gasteiger partial charge is 0.364 e. The normalized spacial score (nSPS) is 11.0. The molecule has 0 unspecified atom stereocenters. The molecule has 1 aromatic rings. The van der Waals surface area contributed by atoms with Crippen molar-refractivity contribution in [2.45, 2.75) is 41.0 Å². The lowest BCUT2D eigenvalue weighted by Gasteiger charge is -2.27. The minimum atomic E-state index is -0.388. The van der Waals surface area contributed by atoms with E-state index in [9.17, 15) is 10.1 Å². The summed E-state index contributed by atoms with van der Waals surface area (Å²) in [6, 6.07) is 0. The van der Waals surface area contributed by atoms with E-state index in [1.807, 2.05) is 11.8 Å². The molecule has 0 bridgehead atoms. The molecule has 0 aromatic carbocycles. The van der Waals surface area contributed by atoms with Gasteiger partial charge in [-0.05, 0) is 18.3 Å². The highest BCUT2D eigenvalue weighted by molar-refractivity contribution is 5.70. The molecule has 0 radical (unpaired) electrons. The Morgan fingerprint density at radius 1 is 1.23 bits per heavy atom. The molecule has 1 rings (SSSR count). The minimum absolute atomic E-state index is 0.0303. The van der Waals surface area contributed by atoms with E-state index in [2.05, 4.69) is 43.0 Å². The summed E-state index contributed by atoms with van der Waals surface area (Å²) >= 11 is 0. The summed E-state index contributed by atoms with van der Waals surface area (Å²) in [7, 11) is 0. The van der Waals surface area contributed by atoms with E-state index in [4.69, 9.17) is 0 Å². The van der Waals surface area contributed by atoms with E-state index in [-0.39, 0.29) is 10.6 Å². The monoisotopic (exact) mass is 309 g/mol. The molecule has 0 fully saturated rings. The highest BCUT2D eigenvalue weighted by Crippen LogP contribution is 2.32. The first kappa shape index (κ1) is 18.1. The van der Waals surface area contributed by atoms with E-state index in [1.165, 1.54) is 6.33 Å². The summed E-state index contributed by atoms with van der Waals surface area (Å²) in [6.07, 6.45) is 2.27. The second kappa shape index (κ2) is 8.51. The molecular weight excluding hydrogens is 282 g/mol. The zero-order valence-electron chi connectivity index (χ0n) is 14.2. The van der Waals surface area contributed by atoms with Crippen molar-refractivity contribution in [1.29, 1.82) is 0 Å². The summed E-state index contributed by atoms with van der Waals surface area (Å²) in [6.45, 7) is 12.5. The van der Waals surface area contributed by atoms with Crippen LogP contribution in [0.2, 0.25) is 0 Å². The van der Waals surface area contributed by atoms with Crippen LogP contribution in [0.1, 0.15) is 41.0 Å². The van der Waals surface area contributed by atoms with Gasteiger partial charge >= 0.3 is 5.69 Å². The molecule has 0 spiro atoms. The van der Waals surface area contributed by atoms with E-state index in [0.29, 0.717) is 30.0 Å². The third-order valence-corrected chi connectivity index (χ3v) is 3.00. The summed E-state index contributed by atoms with van der Waals surface area (Å²) < 4.78 is 0. The van der Waals surface area contributed by atoms with Crippen LogP contribution in [0.25, 0.3) is 0 Å². The van der Waals surface area contributed by atoms with Crippen LogP contribution in [0.3, 0.4) is 0 Å². The molecule has 0 amide bonds. The Hall–Kier alpha value is -1.92. The van der Waals surface area contributed by atoms with Gasteiger partial charge in [0.2, 0.25) is 11.6 Å². The lowest BCUT2D eigenvalue weighted by molar-refractivity contribution is -0.383. The van der Waals surface area contributed by atoms with Crippen molar-refractivity contribution < 1.29 is 4.92 Å². The number of hydrogen-bond acceptors (Lipinski definition) is 6. The van der Waals surface area contributed by atoms with Crippen LogP contribution in [-0.4, -0.2) is 34.5 Å². The maximum absolute atomic E-state index is 11.5. The fraction of sp³-hybridized carbons (Fsp3) is 0.733. The van der Waals surface area contributed by atoms with Gasteiger partial charge in [0, 0.05) is 19.6 Å². The van der Waals surface area contributed by atoms with Crippen LogP contribution >= 0.6 is 0 Å². The van der Waals surface area contributed by atoms with Crippen LogP contribution in [0.15, 0.2) is 6.33 Å². The van der Waals surface area contributed by atoms with Crippen molar-refractivity contribution in [2.75, 3.05) is 29.9 Å². The zero-order chi connectivity index (χ0) is 16.7. The Kier molecular flexibility index (Phi) is 7.01. The molecule has 1 aromatic heterocycles. The van der Waals surface area contributed by atoms with Gasteiger partial charge < -0.3 is 10.2 Å². The number of nitro groups is 1. The first-order valence-electron chi connectivity index (χ1n) is 7.84.